The van der Waals surface area contributed by atoms with Gasteiger partial charge in [-0.15, -0.1) is 0 Å². The van der Waals surface area contributed by atoms with Crippen LogP contribution in [0, 0.1) is 0 Å². The Morgan fingerprint density at radius 1 is 1.24 bits per heavy atom. The zero-order valence-electron chi connectivity index (χ0n) is 16.8. The molecular weight excluding hydrogens is 374 g/mol. The van der Waals surface area contributed by atoms with E-state index in [-0.39, 0.29) is 23.8 Å². The molecule has 0 spiro atoms. The summed E-state index contributed by atoms with van der Waals surface area (Å²) in [5, 5.41) is 2.37. The Hall–Kier alpha value is -2.61. The molecule has 0 radical (unpaired) electrons. The van der Waals surface area contributed by atoms with Crippen molar-refractivity contribution in [3.8, 4) is 11.5 Å². The molecule has 158 valence electrons. The van der Waals surface area contributed by atoms with E-state index in [1.165, 1.54) is 0 Å². The minimum atomic E-state index is -0.446. The number of hydrogen-bond donors (Lipinski definition) is 2. The van der Waals surface area contributed by atoms with E-state index in [1.54, 1.807) is 25.3 Å². The van der Waals surface area contributed by atoms with Crippen molar-refractivity contribution in [2.45, 2.75) is 50.5 Å². The highest BCUT2D eigenvalue weighted by atomic mass is 16.5. The van der Waals surface area contributed by atoms with Crippen LogP contribution in [0.5, 0.6) is 11.5 Å². The van der Waals surface area contributed by atoms with E-state index >= 15 is 0 Å². The highest BCUT2D eigenvalue weighted by Gasteiger charge is 2.30. The summed E-state index contributed by atoms with van der Waals surface area (Å²) in [6.07, 6.45) is 3.51. The molecule has 3 N–H and O–H groups in total. The standard InChI is InChI=1S/C21H29N3O5/c1-28-18-6-4-15(13-17(18)16-5-7-19(25)23-21(16)27)29-12-2-3-20(26)24-10-8-14(22)9-11-24/h4,6,13-14,16H,2-3,5,7-12,22H2,1H3,(H,23,25,27). The number of amides is 3. The van der Waals surface area contributed by atoms with E-state index < -0.39 is 5.92 Å². The van der Waals surface area contributed by atoms with Crippen molar-refractivity contribution in [3.63, 3.8) is 0 Å². The zero-order chi connectivity index (χ0) is 20.8. The molecule has 1 atom stereocenters. The number of carbonyl (C=O) groups is 3. The lowest BCUT2D eigenvalue weighted by Gasteiger charge is -2.30. The molecule has 2 fully saturated rings. The molecule has 0 saturated carbocycles. The van der Waals surface area contributed by atoms with E-state index in [9.17, 15) is 14.4 Å². The molecule has 1 unspecified atom stereocenters. The molecule has 3 rings (SSSR count). The summed E-state index contributed by atoms with van der Waals surface area (Å²) in [5.74, 6) is 0.325. The van der Waals surface area contributed by atoms with E-state index in [2.05, 4.69) is 5.32 Å². The fourth-order valence-corrected chi connectivity index (χ4v) is 3.79. The summed E-state index contributed by atoms with van der Waals surface area (Å²) in [4.78, 5) is 37.8. The van der Waals surface area contributed by atoms with Gasteiger partial charge in [0.15, 0.2) is 0 Å². The molecule has 8 nitrogen and oxygen atoms in total. The van der Waals surface area contributed by atoms with Crippen LogP contribution in [0.25, 0.3) is 0 Å². The average molecular weight is 403 g/mol. The van der Waals surface area contributed by atoms with E-state index in [0.717, 1.165) is 25.9 Å². The normalized spacial score (nSPS) is 20.3. The third-order valence-corrected chi connectivity index (χ3v) is 5.51. The number of likely N-dealkylation sites (tertiary alicyclic amines) is 1. The number of imide groups is 1. The van der Waals surface area contributed by atoms with Crippen molar-refractivity contribution in [1.82, 2.24) is 10.2 Å². The largest absolute Gasteiger partial charge is 0.496 e. The topological polar surface area (TPSA) is 111 Å². The number of nitrogens with two attached hydrogens (primary N) is 1. The summed E-state index contributed by atoms with van der Waals surface area (Å²) in [6.45, 7) is 1.86. The second-order valence-electron chi connectivity index (χ2n) is 7.58. The molecule has 0 aromatic heterocycles. The quantitative estimate of drug-likeness (QED) is 0.525. The van der Waals surface area contributed by atoms with Crippen LogP contribution in [-0.4, -0.2) is 55.5 Å². The number of nitrogens with one attached hydrogen (secondary N) is 1. The molecule has 0 bridgehead atoms. The van der Waals surface area contributed by atoms with Gasteiger partial charge in [0.1, 0.15) is 11.5 Å². The summed E-state index contributed by atoms with van der Waals surface area (Å²) < 4.78 is 11.2. The first-order chi connectivity index (χ1) is 14.0. The number of benzene rings is 1. The number of rotatable bonds is 7. The molecule has 29 heavy (non-hydrogen) atoms. The lowest BCUT2D eigenvalue weighted by Crippen LogP contribution is -2.42. The van der Waals surface area contributed by atoms with Crippen molar-refractivity contribution in [2.75, 3.05) is 26.8 Å². The molecule has 8 heteroatoms. The van der Waals surface area contributed by atoms with Crippen LogP contribution in [-0.2, 0) is 14.4 Å². The minimum Gasteiger partial charge on any atom is -0.496 e. The maximum atomic E-state index is 12.3. The summed E-state index contributed by atoms with van der Waals surface area (Å²) in [6, 6.07) is 5.53. The Bertz CT molecular complexity index is 759. The smallest absolute Gasteiger partial charge is 0.234 e. The number of hydrogen-bond acceptors (Lipinski definition) is 6. The summed E-state index contributed by atoms with van der Waals surface area (Å²) in [7, 11) is 1.55. The number of nitrogens with zero attached hydrogens (tertiary/aromatic N) is 1. The van der Waals surface area contributed by atoms with Gasteiger partial charge in [0.2, 0.25) is 17.7 Å². The molecule has 2 heterocycles. The Morgan fingerprint density at radius 3 is 2.69 bits per heavy atom. The average Bonchev–Trinajstić information content (AvgIpc) is 2.71. The summed E-state index contributed by atoms with van der Waals surface area (Å²) in [5.41, 5.74) is 6.58. The highest BCUT2D eigenvalue weighted by Crippen LogP contribution is 2.34. The van der Waals surface area contributed by atoms with Gasteiger partial charge in [-0.25, -0.2) is 0 Å². The van der Waals surface area contributed by atoms with Crippen LogP contribution in [0.1, 0.15) is 50.0 Å². The van der Waals surface area contributed by atoms with Crippen molar-refractivity contribution in [3.05, 3.63) is 23.8 Å². The fourth-order valence-electron chi connectivity index (χ4n) is 3.79. The molecule has 2 aliphatic rings. The molecule has 3 amide bonds. The predicted octanol–water partition coefficient (Wildman–Crippen LogP) is 1.32. The predicted molar refractivity (Wildman–Crippen MR) is 107 cm³/mol. The van der Waals surface area contributed by atoms with Gasteiger partial charge in [-0.05, 0) is 43.9 Å². The number of methoxy groups -OCH3 is 1. The number of piperidine rings is 2. The number of carbonyl (C=O) groups excluding carboxylic acids is 3. The van der Waals surface area contributed by atoms with Gasteiger partial charge in [0, 0.05) is 37.5 Å². The SMILES string of the molecule is COc1ccc(OCCCC(=O)N2CCC(N)CC2)cc1C1CCC(=O)NC1=O. The van der Waals surface area contributed by atoms with Crippen molar-refractivity contribution in [1.29, 1.82) is 0 Å². The zero-order valence-corrected chi connectivity index (χ0v) is 16.8. The number of ether oxygens (including phenoxy) is 2. The maximum absolute atomic E-state index is 12.3. The van der Waals surface area contributed by atoms with Crippen molar-refractivity contribution in [2.24, 2.45) is 5.73 Å². The molecular formula is C21H29N3O5. The van der Waals surface area contributed by atoms with Crippen LogP contribution in [0.15, 0.2) is 18.2 Å². The van der Waals surface area contributed by atoms with Crippen LogP contribution in [0.3, 0.4) is 0 Å². The minimum absolute atomic E-state index is 0.138. The summed E-state index contributed by atoms with van der Waals surface area (Å²) >= 11 is 0. The Morgan fingerprint density at radius 2 is 2.00 bits per heavy atom. The Labute approximate surface area is 170 Å². The molecule has 2 saturated heterocycles. The van der Waals surface area contributed by atoms with Gasteiger partial charge >= 0.3 is 0 Å². The Balaban J connectivity index is 1.53. The maximum Gasteiger partial charge on any atom is 0.234 e. The van der Waals surface area contributed by atoms with Gasteiger partial charge in [-0.1, -0.05) is 0 Å². The molecule has 1 aromatic rings. The molecule has 2 aliphatic heterocycles. The van der Waals surface area contributed by atoms with Crippen molar-refractivity contribution >= 4 is 17.7 Å². The highest BCUT2D eigenvalue weighted by molar-refractivity contribution is 6.01. The van der Waals surface area contributed by atoms with E-state index in [1.807, 2.05) is 4.90 Å². The van der Waals surface area contributed by atoms with Gasteiger partial charge in [0.05, 0.1) is 19.6 Å². The third kappa shape index (κ3) is 5.47. The van der Waals surface area contributed by atoms with Gasteiger partial charge in [0.25, 0.3) is 0 Å². The fraction of sp³-hybridized carbons (Fsp3) is 0.571. The van der Waals surface area contributed by atoms with Crippen LogP contribution < -0.4 is 20.5 Å². The first-order valence-corrected chi connectivity index (χ1v) is 10.2. The molecule has 1 aromatic carbocycles. The lowest BCUT2D eigenvalue weighted by atomic mass is 9.89. The first-order valence-electron chi connectivity index (χ1n) is 10.2. The third-order valence-electron chi connectivity index (χ3n) is 5.51. The van der Waals surface area contributed by atoms with Gasteiger partial charge in [-0.3, -0.25) is 19.7 Å². The van der Waals surface area contributed by atoms with Crippen molar-refractivity contribution < 1.29 is 23.9 Å². The van der Waals surface area contributed by atoms with E-state index in [0.29, 0.717) is 49.4 Å². The monoisotopic (exact) mass is 403 g/mol. The van der Waals surface area contributed by atoms with Crippen LogP contribution in [0.2, 0.25) is 0 Å². The van der Waals surface area contributed by atoms with Gasteiger partial charge < -0.3 is 20.1 Å². The van der Waals surface area contributed by atoms with Crippen LogP contribution in [0.4, 0.5) is 0 Å². The lowest BCUT2D eigenvalue weighted by molar-refractivity contribution is -0.134. The molecule has 0 aliphatic carbocycles. The van der Waals surface area contributed by atoms with Crippen LogP contribution >= 0.6 is 0 Å². The van der Waals surface area contributed by atoms with Gasteiger partial charge in [-0.2, -0.15) is 0 Å². The van der Waals surface area contributed by atoms with E-state index in [4.69, 9.17) is 15.2 Å². The Kier molecular flexibility index (Phi) is 7.09. The first kappa shape index (κ1) is 21.1. The second-order valence-corrected chi connectivity index (χ2v) is 7.58. The second kappa shape index (κ2) is 9.73.